The lowest BCUT2D eigenvalue weighted by Crippen LogP contribution is -2.14. The lowest BCUT2D eigenvalue weighted by Gasteiger charge is -2.09. The van der Waals surface area contributed by atoms with Crippen molar-refractivity contribution < 1.29 is 8.42 Å². The molecule has 18 heavy (non-hydrogen) atoms. The lowest BCUT2D eigenvalue weighted by molar-refractivity contribution is 0.368. The zero-order valence-corrected chi connectivity index (χ0v) is 11.5. The van der Waals surface area contributed by atoms with Gasteiger partial charge < -0.3 is 5.73 Å². The molecule has 0 aromatic heterocycles. The van der Waals surface area contributed by atoms with Crippen LogP contribution >= 0.6 is 0 Å². The molecular weight excluding hydrogens is 250 g/mol. The summed E-state index contributed by atoms with van der Waals surface area (Å²) in [6.45, 7) is 2.91. The van der Waals surface area contributed by atoms with Gasteiger partial charge in [0.15, 0.2) is 9.84 Å². The van der Waals surface area contributed by atoms with Gasteiger partial charge in [-0.25, -0.2) is 8.42 Å². The van der Waals surface area contributed by atoms with Crippen LogP contribution in [0.5, 0.6) is 0 Å². The first kappa shape index (κ1) is 12.9. The van der Waals surface area contributed by atoms with Crippen LogP contribution in [-0.4, -0.2) is 39.0 Å². The molecule has 1 unspecified atom stereocenters. The number of rotatable bonds is 2. The third-order valence-electron chi connectivity index (χ3n) is 2.99. The van der Waals surface area contributed by atoms with Crippen LogP contribution in [0.2, 0.25) is 0 Å². The third-order valence-corrected chi connectivity index (χ3v) is 4.14. The molecule has 0 radical (unpaired) electrons. The predicted molar refractivity (Wildman–Crippen MR) is 72.3 cm³/mol. The SMILES string of the molecule is CC1CN(C)N=C1c1ccc(N)c(S(C)(=O)=O)c1. The topological polar surface area (TPSA) is 75.8 Å². The Morgan fingerprint density at radius 3 is 2.61 bits per heavy atom. The molecule has 1 aliphatic rings. The first-order valence-electron chi connectivity index (χ1n) is 5.68. The number of hydrogen-bond donors (Lipinski definition) is 1. The van der Waals surface area contributed by atoms with E-state index in [1.807, 2.05) is 18.1 Å². The molecule has 0 bridgehead atoms. The van der Waals surface area contributed by atoms with Crippen LogP contribution in [0.1, 0.15) is 12.5 Å². The van der Waals surface area contributed by atoms with Gasteiger partial charge in [-0.15, -0.1) is 0 Å². The molecule has 1 aliphatic heterocycles. The zero-order valence-electron chi connectivity index (χ0n) is 10.7. The van der Waals surface area contributed by atoms with Crippen molar-refractivity contribution in [2.24, 2.45) is 11.0 Å². The highest BCUT2D eigenvalue weighted by Gasteiger charge is 2.23. The highest BCUT2D eigenvalue weighted by atomic mass is 32.2. The Hall–Kier alpha value is -1.56. The van der Waals surface area contributed by atoms with Gasteiger partial charge in [-0.2, -0.15) is 5.10 Å². The van der Waals surface area contributed by atoms with Crippen LogP contribution in [-0.2, 0) is 9.84 Å². The number of nitrogens with two attached hydrogens (primary N) is 1. The van der Waals surface area contributed by atoms with Crippen molar-refractivity contribution in [2.75, 3.05) is 25.6 Å². The minimum atomic E-state index is -3.31. The molecule has 0 fully saturated rings. The molecule has 1 aromatic carbocycles. The first-order chi connectivity index (χ1) is 8.29. The van der Waals surface area contributed by atoms with Gasteiger partial charge in [0.1, 0.15) is 0 Å². The fourth-order valence-electron chi connectivity index (χ4n) is 2.16. The van der Waals surface area contributed by atoms with Gasteiger partial charge in [0, 0.05) is 25.8 Å². The molecule has 2 N–H and O–H groups in total. The average Bonchev–Trinajstić information content (AvgIpc) is 2.57. The maximum Gasteiger partial charge on any atom is 0.177 e. The Labute approximate surface area is 107 Å². The van der Waals surface area contributed by atoms with E-state index in [2.05, 4.69) is 12.0 Å². The molecular formula is C12H17N3O2S. The van der Waals surface area contributed by atoms with Crippen molar-refractivity contribution in [1.82, 2.24) is 5.01 Å². The molecule has 0 aliphatic carbocycles. The monoisotopic (exact) mass is 267 g/mol. The molecule has 0 amide bonds. The molecule has 5 nitrogen and oxygen atoms in total. The summed E-state index contributed by atoms with van der Waals surface area (Å²) in [6.07, 6.45) is 1.16. The number of hydrogen-bond acceptors (Lipinski definition) is 5. The second-order valence-electron chi connectivity index (χ2n) is 4.75. The Balaban J connectivity index is 2.52. The Kier molecular flexibility index (Phi) is 3.06. The number of nitrogen functional groups attached to an aromatic ring is 1. The van der Waals surface area contributed by atoms with E-state index in [1.165, 1.54) is 0 Å². The van der Waals surface area contributed by atoms with Crippen molar-refractivity contribution in [2.45, 2.75) is 11.8 Å². The highest BCUT2D eigenvalue weighted by Crippen LogP contribution is 2.24. The summed E-state index contributed by atoms with van der Waals surface area (Å²) in [5, 5.41) is 6.26. The van der Waals surface area contributed by atoms with Crippen molar-refractivity contribution in [1.29, 1.82) is 0 Å². The van der Waals surface area contributed by atoms with E-state index in [-0.39, 0.29) is 16.5 Å². The summed E-state index contributed by atoms with van der Waals surface area (Å²) >= 11 is 0. The smallest absolute Gasteiger partial charge is 0.177 e. The zero-order chi connectivity index (χ0) is 13.5. The molecule has 0 spiro atoms. The van der Waals surface area contributed by atoms with E-state index >= 15 is 0 Å². The summed E-state index contributed by atoms with van der Waals surface area (Å²) in [6, 6.07) is 5.05. The quantitative estimate of drug-likeness (QED) is 0.810. The molecule has 0 saturated carbocycles. The van der Waals surface area contributed by atoms with Crippen molar-refractivity contribution in [3.8, 4) is 0 Å². The van der Waals surface area contributed by atoms with E-state index < -0.39 is 9.84 Å². The van der Waals surface area contributed by atoms with Gasteiger partial charge in [0.05, 0.1) is 16.3 Å². The number of hydrazone groups is 1. The summed E-state index contributed by atoms with van der Waals surface area (Å²) in [5.74, 6) is 0.283. The van der Waals surface area contributed by atoms with Crippen molar-refractivity contribution in [3.63, 3.8) is 0 Å². The maximum absolute atomic E-state index is 11.6. The summed E-state index contributed by atoms with van der Waals surface area (Å²) in [7, 11) is -1.41. The second-order valence-corrected chi connectivity index (χ2v) is 6.74. The number of nitrogens with zero attached hydrogens (tertiary/aromatic N) is 2. The van der Waals surface area contributed by atoms with Crippen LogP contribution < -0.4 is 5.73 Å². The molecule has 1 aromatic rings. The van der Waals surface area contributed by atoms with Crippen LogP contribution in [0.3, 0.4) is 0 Å². The average molecular weight is 267 g/mol. The molecule has 2 rings (SSSR count). The van der Waals surface area contributed by atoms with Crippen molar-refractivity contribution in [3.05, 3.63) is 23.8 Å². The molecule has 1 heterocycles. The van der Waals surface area contributed by atoms with Crippen LogP contribution in [0.25, 0.3) is 0 Å². The van der Waals surface area contributed by atoms with Gasteiger partial charge in [-0.05, 0) is 17.7 Å². The largest absolute Gasteiger partial charge is 0.398 e. The lowest BCUT2D eigenvalue weighted by atomic mass is 9.99. The van der Waals surface area contributed by atoms with Crippen LogP contribution in [0, 0.1) is 5.92 Å². The minimum absolute atomic E-state index is 0.171. The van der Waals surface area contributed by atoms with Gasteiger partial charge in [0.25, 0.3) is 0 Å². The predicted octanol–water partition coefficient (Wildman–Crippen LogP) is 0.958. The maximum atomic E-state index is 11.6. The van der Waals surface area contributed by atoms with Gasteiger partial charge in [0.2, 0.25) is 0 Å². The van der Waals surface area contributed by atoms with Crippen molar-refractivity contribution >= 4 is 21.2 Å². The summed E-state index contributed by atoms with van der Waals surface area (Å²) in [4.78, 5) is 0.171. The van der Waals surface area contributed by atoms with Gasteiger partial charge in [-0.1, -0.05) is 13.0 Å². The summed E-state index contributed by atoms with van der Waals surface area (Å²) in [5.41, 5.74) is 7.71. The van der Waals surface area contributed by atoms with E-state index in [0.29, 0.717) is 0 Å². The second kappa shape index (κ2) is 4.28. The standard InChI is InChI=1S/C12H17N3O2S/c1-8-7-15(2)14-12(8)9-4-5-10(13)11(6-9)18(3,16)17/h4-6,8H,7,13H2,1-3H3. The minimum Gasteiger partial charge on any atom is -0.398 e. The molecule has 98 valence electrons. The molecule has 6 heteroatoms. The Bertz CT molecular complexity index is 608. The van der Waals surface area contributed by atoms with Crippen LogP contribution in [0.4, 0.5) is 5.69 Å². The fraction of sp³-hybridized carbons (Fsp3) is 0.417. The highest BCUT2D eigenvalue weighted by molar-refractivity contribution is 7.90. The third kappa shape index (κ3) is 2.33. The fourth-order valence-corrected chi connectivity index (χ4v) is 3.00. The van der Waals surface area contributed by atoms with E-state index in [0.717, 1.165) is 24.1 Å². The van der Waals surface area contributed by atoms with Gasteiger partial charge in [-0.3, -0.25) is 5.01 Å². The summed E-state index contributed by atoms with van der Waals surface area (Å²) < 4.78 is 23.3. The Morgan fingerprint density at radius 1 is 1.44 bits per heavy atom. The van der Waals surface area contributed by atoms with Crippen LogP contribution in [0.15, 0.2) is 28.2 Å². The molecule has 0 saturated heterocycles. The number of benzene rings is 1. The number of sulfone groups is 1. The van der Waals surface area contributed by atoms with Gasteiger partial charge >= 0.3 is 0 Å². The normalized spacial score (nSPS) is 20.1. The Morgan fingerprint density at radius 2 is 2.11 bits per heavy atom. The van der Waals surface area contributed by atoms with E-state index in [4.69, 9.17) is 5.73 Å². The number of anilines is 1. The molecule has 1 atom stereocenters. The van der Waals surface area contributed by atoms with E-state index in [1.54, 1.807) is 12.1 Å². The van der Waals surface area contributed by atoms with E-state index in [9.17, 15) is 8.42 Å². The first-order valence-corrected chi connectivity index (χ1v) is 7.58.